The van der Waals surface area contributed by atoms with Gasteiger partial charge in [-0.2, -0.15) is 0 Å². The molecule has 3 aliphatic rings. The predicted octanol–water partition coefficient (Wildman–Crippen LogP) is 2.38. The smallest absolute Gasteiger partial charge is 0.255 e. The maximum absolute atomic E-state index is 14.1. The number of hydrogen-bond acceptors (Lipinski definition) is 10. The maximum Gasteiger partial charge on any atom is 0.255 e. The lowest BCUT2D eigenvalue weighted by molar-refractivity contribution is -0.169. The molecule has 0 spiro atoms. The minimum Gasteiger partial charge on any atom is -0.508 e. The highest BCUT2D eigenvalue weighted by molar-refractivity contribution is 7.22. The number of aliphatic hydroxyl groups is 4. The van der Waals surface area contributed by atoms with Crippen molar-refractivity contribution in [2.24, 2.45) is 17.6 Å². The molecule has 3 aromatic rings. The van der Waals surface area contributed by atoms with Crippen LogP contribution in [0, 0.1) is 11.8 Å². The monoisotopic (exact) mass is 576 g/mol. The lowest BCUT2D eigenvalue weighted by Gasteiger charge is -2.53. The number of benzene rings is 2. The second-order valence-electron chi connectivity index (χ2n) is 11.1. The Morgan fingerprint density at radius 1 is 1.07 bits per heavy atom. The summed E-state index contributed by atoms with van der Waals surface area (Å²) >= 11 is 1.51. The summed E-state index contributed by atoms with van der Waals surface area (Å²) < 4.78 is 1.02. The fraction of sp³-hybridized carbons (Fsp3) is 0.300. The zero-order valence-electron chi connectivity index (χ0n) is 22.3. The number of aromatic hydroxyl groups is 1. The minimum absolute atomic E-state index is 0.0315. The molecule has 1 heterocycles. The van der Waals surface area contributed by atoms with Crippen molar-refractivity contribution in [3.63, 3.8) is 0 Å². The number of nitrogens with two attached hydrogens (primary N) is 1. The van der Waals surface area contributed by atoms with Crippen LogP contribution < -0.4 is 5.73 Å². The Kier molecular flexibility index (Phi) is 5.95. The number of fused-ring (bicyclic) bond motifs is 4. The van der Waals surface area contributed by atoms with Gasteiger partial charge < -0.3 is 31.3 Å². The van der Waals surface area contributed by atoms with Crippen LogP contribution in [0.4, 0.5) is 0 Å². The van der Waals surface area contributed by atoms with Crippen molar-refractivity contribution in [3.8, 4) is 16.2 Å². The zero-order valence-corrected chi connectivity index (χ0v) is 23.1. The van der Waals surface area contributed by atoms with Crippen LogP contribution in [0.1, 0.15) is 24.0 Å². The van der Waals surface area contributed by atoms with Crippen LogP contribution in [0.5, 0.6) is 5.75 Å². The van der Waals surface area contributed by atoms with Crippen molar-refractivity contribution >= 4 is 44.7 Å². The molecule has 3 aliphatic carbocycles. The van der Waals surface area contributed by atoms with E-state index in [1.165, 1.54) is 36.4 Å². The summed E-state index contributed by atoms with van der Waals surface area (Å²) in [6, 6.07) is 11.5. The first kappa shape index (κ1) is 27.2. The van der Waals surface area contributed by atoms with Gasteiger partial charge in [-0.1, -0.05) is 25.1 Å². The van der Waals surface area contributed by atoms with Crippen LogP contribution in [0.25, 0.3) is 26.3 Å². The predicted molar refractivity (Wildman–Crippen MR) is 151 cm³/mol. The van der Waals surface area contributed by atoms with E-state index in [1.807, 2.05) is 30.3 Å². The van der Waals surface area contributed by atoms with E-state index in [4.69, 9.17) is 5.73 Å². The van der Waals surface area contributed by atoms with Crippen LogP contribution in [0.15, 0.2) is 59.4 Å². The molecule has 0 unspecified atom stereocenters. The highest BCUT2D eigenvalue weighted by Gasteiger charge is 2.68. The molecule has 6 atom stereocenters. The Bertz CT molecular complexity index is 1720. The fourth-order valence-electron chi connectivity index (χ4n) is 7.03. The van der Waals surface area contributed by atoms with Gasteiger partial charge in [0.25, 0.3) is 5.91 Å². The molecule has 0 radical (unpaired) electrons. The molecular weight excluding hydrogens is 548 g/mol. The molecule has 1 fully saturated rings. The van der Waals surface area contributed by atoms with Crippen molar-refractivity contribution in [2.45, 2.75) is 30.6 Å². The van der Waals surface area contributed by atoms with Crippen molar-refractivity contribution in [1.29, 1.82) is 0 Å². The first-order valence-corrected chi connectivity index (χ1v) is 13.8. The summed E-state index contributed by atoms with van der Waals surface area (Å²) in [6.07, 6.45) is -1.65. The number of phenolic OH excluding ortho intramolecular Hbond substituents is 1. The third-order valence-electron chi connectivity index (χ3n) is 8.80. The van der Waals surface area contributed by atoms with Crippen molar-refractivity contribution in [3.05, 3.63) is 70.5 Å². The number of thiophene rings is 1. The molecule has 212 valence electrons. The molecule has 2 aromatic carbocycles. The SMILES string of the molecule is C[C@H]1c2c(-c3cc4ccccc4s3)ccc(O)c2C(O)=C2C(=O)[C@]3(O)C(O)=C(C(N)=O)C(=O)[C@@H](N(C)C)[C@@H]3[C@@H](O)[C@@H]21. The van der Waals surface area contributed by atoms with Gasteiger partial charge in [0.15, 0.2) is 11.4 Å². The summed E-state index contributed by atoms with van der Waals surface area (Å²) in [5.74, 6) is -9.15. The number of aliphatic hydroxyl groups excluding tert-OH is 3. The van der Waals surface area contributed by atoms with Gasteiger partial charge in [0, 0.05) is 21.1 Å². The number of hydrogen-bond donors (Lipinski definition) is 6. The number of amides is 1. The van der Waals surface area contributed by atoms with E-state index in [2.05, 4.69) is 0 Å². The number of likely N-dealkylation sites (N-methyl/N-ethyl adjacent to an activating group) is 1. The largest absolute Gasteiger partial charge is 0.508 e. The summed E-state index contributed by atoms with van der Waals surface area (Å²) in [6.45, 7) is 1.73. The quantitative estimate of drug-likeness (QED) is 0.255. The summed E-state index contributed by atoms with van der Waals surface area (Å²) in [5, 5.41) is 58.2. The van der Waals surface area contributed by atoms with E-state index in [1.54, 1.807) is 13.0 Å². The van der Waals surface area contributed by atoms with Gasteiger partial charge in [-0.25, -0.2) is 0 Å². The Morgan fingerprint density at radius 3 is 2.39 bits per heavy atom. The average Bonchev–Trinajstić information content (AvgIpc) is 3.34. The molecule has 6 rings (SSSR count). The average molecular weight is 577 g/mol. The Hall–Kier alpha value is -4.03. The van der Waals surface area contributed by atoms with E-state index in [-0.39, 0.29) is 11.3 Å². The lowest BCUT2D eigenvalue weighted by atomic mass is 9.54. The molecule has 1 amide bonds. The van der Waals surface area contributed by atoms with Gasteiger partial charge in [0.1, 0.15) is 22.8 Å². The molecule has 11 heteroatoms. The molecule has 7 N–H and O–H groups in total. The first-order valence-electron chi connectivity index (χ1n) is 13.0. The van der Waals surface area contributed by atoms with Gasteiger partial charge in [-0.15, -0.1) is 11.3 Å². The minimum atomic E-state index is -2.94. The standard InChI is InChI=1S/C30H28N2O8S/c1-11-17-13(16-10-12-6-4-5-7-15(12)41-16)8-9-14(33)19(17)24(34)20-18(11)25(35)22-23(32(2)3)26(36)21(29(31)39)28(38)30(22,40)27(20)37/h4-11,18,22-23,25,33-35,38,40H,1-3H3,(H2,31,39)/t11-,18+,22+,23-,25-,30-/m0/s1. The van der Waals surface area contributed by atoms with Gasteiger partial charge in [-0.3, -0.25) is 19.3 Å². The highest BCUT2D eigenvalue weighted by atomic mass is 32.1. The van der Waals surface area contributed by atoms with E-state index >= 15 is 0 Å². The summed E-state index contributed by atoms with van der Waals surface area (Å²) in [4.78, 5) is 41.8. The van der Waals surface area contributed by atoms with Crippen LogP contribution in [-0.2, 0) is 14.4 Å². The number of ketones is 2. The molecule has 41 heavy (non-hydrogen) atoms. The summed E-state index contributed by atoms with van der Waals surface area (Å²) in [7, 11) is 2.95. The third kappa shape index (κ3) is 3.43. The van der Waals surface area contributed by atoms with Crippen molar-refractivity contribution < 1.29 is 39.9 Å². The van der Waals surface area contributed by atoms with Crippen LogP contribution >= 0.6 is 11.3 Å². The second-order valence-corrected chi connectivity index (χ2v) is 12.2. The number of Topliss-reactive ketones (excluding diaryl/α,β-unsaturated/α-hetero) is 2. The number of carbonyl (C=O) groups excluding carboxylic acids is 3. The molecule has 1 aromatic heterocycles. The lowest BCUT2D eigenvalue weighted by Crippen LogP contribution is -2.70. The molecule has 0 bridgehead atoms. The van der Waals surface area contributed by atoms with E-state index in [0.29, 0.717) is 11.1 Å². The van der Waals surface area contributed by atoms with Crippen molar-refractivity contribution in [2.75, 3.05) is 14.1 Å². The Labute approximate surface area is 238 Å². The van der Waals surface area contributed by atoms with E-state index < -0.39 is 75.6 Å². The second kappa shape index (κ2) is 8.98. The van der Waals surface area contributed by atoms with E-state index in [9.17, 15) is 39.9 Å². The van der Waals surface area contributed by atoms with Crippen LogP contribution in [0.2, 0.25) is 0 Å². The number of carbonyl (C=O) groups is 3. The fourth-order valence-corrected chi connectivity index (χ4v) is 8.13. The van der Waals surface area contributed by atoms with Gasteiger partial charge in [-0.05, 0) is 60.8 Å². The van der Waals surface area contributed by atoms with Gasteiger partial charge in [0.2, 0.25) is 5.78 Å². The number of phenols is 1. The maximum atomic E-state index is 14.1. The third-order valence-corrected chi connectivity index (χ3v) is 9.95. The molecular formula is C30H28N2O8S. The highest BCUT2D eigenvalue weighted by Crippen LogP contribution is 2.57. The van der Waals surface area contributed by atoms with Crippen LogP contribution in [-0.4, -0.2) is 79.7 Å². The number of primary amides is 1. The zero-order chi connectivity index (χ0) is 29.7. The topological polar surface area (TPSA) is 182 Å². The Balaban J connectivity index is 1.63. The molecule has 10 nitrogen and oxygen atoms in total. The summed E-state index contributed by atoms with van der Waals surface area (Å²) in [5.41, 5.74) is 2.20. The van der Waals surface area contributed by atoms with Crippen molar-refractivity contribution in [1.82, 2.24) is 4.90 Å². The molecule has 0 aliphatic heterocycles. The number of rotatable bonds is 3. The molecule has 0 saturated heterocycles. The molecule has 1 saturated carbocycles. The van der Waals surface area contributed by atoms with Gasteiger partial charge >= 0.3 is 0 Å². The first-order chi connectivity index (χ1) is 19.3. The Morgan fingerprint density at radius 2 is 1.76 bits per heavy atom. The van der Waals surface area contributed by atoms with E-state index in [0.717, 1.165) is 15.0 Å². The van der Waals surface area contributed by atoms with Gasteiger partial charge in [0.05, 0.1) is 23.6 Å². The number of nitrogens with zero attached hydrogens (tertiary/aromatic N) is 1. The normalized spacial score (nSPS) is 29.6. The van der Waals surface area contributed by atoms with Crippen LogP contribution in [0.3, 0.4) is 0 Å².